The Kier molecular flexibility index (Phi) is 7.38. The normalized spacial score (nSPS) is 13.0. The van der Waals surface area contributed by atoms with Crippen LogP contribution in [0.1, 0.15) is 29.4 Å². The van der Waals surface area contributed by atoms with E-state index in [4.69, 9.17) is 4.74 Å². The summed E-state index contributed by atoms with van der Waals surface area (Å²) in [6.07, 6.45) is -7.19. The van der Waals surface area contributed by atoms with Crippen LogP contribution in [0.5, 0.6) is 0 Å². The lowest BCUT2D eigenvalue weighted by atomic mass is 10.2. The van der Waals surface area contributed by atoms with Crippen LogP contribution in [-0.4, -0.2) is 43.0 Å². The van der Waals surface area contributed by atoms with E-state index in [1.807, 2.05) is 0 Å². The number of rotatable bonds is 9. The SMILES string of the molecule is C[C@@H](COCc1cc(CNc2ncc(C(F)(F)F)cn2)[nH]n1)Nc1cn[nH]c(=O)c1C(F)(F)F. The number of ether oxygens (including phenoxy) is 1. The molecule has 0 aliphatic heterocycles. The van der Waals surface area contributed by atoms with Gasteiger partial charge in [-0.1, -0.05) is 0 Å². The highest BCUT2D eigenvalue weighted by molar-refractivity contribution is 5.50. The second kappa shape index (κ2) is 10.1. The van der Waals surface area contributed by atoms with Crippen molar-refractivity contribution in [2.24, 2.45) is 0 Å². The summed E-state index contributed by atoms with van der Waals surface area (Å²) in [7, 11) is 0. The van der Waals surface area contributed by atoms with Gasteiger partial charge in [-0.05, 0) is 13.0 Å². The van der Waals surface area contributed by atoms with Gasteiger partial charge in [0.1, 0.15) is 5.56 Å². The van der Waals surface area contributed by atoms with E-state index in [1.165, 1.54) is 0 Å². The fourth-order valence-electron chi connectivity index (χ4n) is 2.75. The molecule has 0 aliphatic carbocycles. The number of anilines is 2. The molecule has 4 N–H and O–H groups in total. The van der Waals surface area contributed by atoms with Crippen LogP contribution in [0.25, 0.3) is 0 Å². The van der Waals surface area contributed by atoms with Crippen LogP contribution in [0.3, 0.4) is 0 Å². The molecular weight excluding hydrogens is 474 g/mol. The first-order valence-corrected chi connectivity index (χ1v) is 9.59. The largest absolute Gasteiger partial charge is 0.423 e. The van der Waals surface area contributed by atoms with Gasteiger partial charge >= 0.3 is 12.4 Å². The zero-order valence-corrected chi connectivity index (χ0v) is 17.4. The van der Waals surface area contributed by atoms with Crippen molar-refractivity contribution in [3.8, 4) is 0 Å². The fraction of sp³-hybridized carbons (Fsp3) is 0.389. The quantitative estimate of drug-likeness (QED) is 0.335. The molecule has 3 aromatic rings. The summed E-state index contributed by atoms with van der Waals surface area (Å²) in [5.41, 5.74) is -3.12. The minimum atomic E-state index is -4.86. The summed E-state index contributed by atoms with van der Waals surface area (Å²) in [6, 6.07) is 1.03. The van der Waals surface area contributed by atoms with Gasteiger partial charge < -0.3 is 15.4 Å². The number of hydrogen-bond acceptors (Lipinski definition) is 8. The molecule has 0 spiro atoms. The third-order valence-electron chi connectivity index (χ3n) is 4.26. The molecule has 16 heteroatoms. The summed E-state index contributed by atoms with van der Waals surface area (Å²) in [5.74, 6) is -0.00670. The molecule has 0 bridgehead atoms. The number of aromatic nitrogens is 6. The van der Waals surface area contributed by atoms with Gasteiger partial charge in [-0.2, -0.15) is 36.5 Å². The molecule has 0 amide bonds. The minimum Gasteiger partial charge on any atom is -0.378 e. The second-order valence-electron chi connectivity index (χ2n) is 7.08. The van der Waals surface area contributed by atoms with Crippen LogP contribution in [0, 0.1) is 0 Å². The highest BCUT2D eigenvalue weighted by atomic mass is 19.4. The first kappa shape index (κ1) is 24.9. The van der Waals surface area contributed by atoms with E-state index >= 15 is 0 Å². The molecule has 34 heavy (non-hydrogen) atoms. The average molecular weight is 492 g/mol. The first-order valence-electron chi connectivity index (χ1n) is 9.59. The molecule has 0 aromatic carbocycles. The van der Waals surface area contributed by atoms with Crippen molar-refractivity contribution < 1.29 is 31.1 Å². The standard InChI is InChI=1S/C18H18F6N8O2/c1-9(29-13-6-28-32-15(33)14(13)18(22,23)24)7-34-8-12-2-11(30-31-12)5-27-16-25-3-10(4-26-16)17(19,20)21/h2-4,6,9H,5,7-8H2,1H3,(H,30,31)(H,25,26,27)(H2,29,32,33)/t9-/m0/s1. The Morgan fingerprint density at radius 2 is 1.76 bits per heavy atom. The number of nitrogens with zero attached hydrogens (tertiary/aromatic N) is 4. The van der Waals surface area contributed by atoms with Gasteiger partial charge in [0.05, 0.1) is 48.6 Å². The third-order valence-corrected chi connectivity index (χ3v) is 4.26. The van der Waals surface area contributed by atoms with Crippen molar-refractivity contribution >= 4 is 11.6 Å². The number of aromatic amines is 2. The van der Waals surface area contributed by atoms with Crippen molar-refractivity contribution in [3.63, 3.8) is 0 Å². The summed E-state index contributed by atoms with van der Waals surface area (Å²) >= 11 is 0. The van der Waals surface area contributed by atoms with Gasteiger partial charge in [-0.3, -0.25) is 9.89 Å². The van der Waals surface area contributed by atoms with E-state index in [9.17, 15) is 31.1 Å². The molecule has 3 rings (SSSR count). The predicted molar refractivity (Wildman–Crippen MR) is 106 cm³/mol. The zero-order valence-electron chi connectivity index (χ0n) is 17.4. The maximum absolute atomic E-state index is 13.1. The number of hydrogen-bond donors (Lipinski definition) is 4. The topological polar surface area (TPSA) is 134 Å². The third kappa shape index (κ3) is 6.66. The van der Waals surface area contributed by atoms with E-state index < -0.39 is 40.8 Å². The molecule has 10 nitrogen and oxygen atoms in total. The van der Waals surface area contributed by atoms with Crippen LogP contribution in [0.2, 0.25) is 0 Å². The lowest BCUT2D eigenvalue weighted by molar-refractivity contribution is -0.139. The lowest BCUT2D eigenvalue weighted by Gasteiger charge is -2.18. The molecular formula is C18H18F6N8O2. The van der Waals surface area contributed by atoms with Crippen LogP contribution in [0.4, 0.5) is 38.0 Å². The van der Waals surface area contributed by atoms with Gasteiger partial charge in [0.25, 0.3) is 5.56 Å². The maximum atomic E-state index is 13.1. The summed E-state index contributed by atoms with van der Waals surface area (Å²) in [5, 5.41) is 17.1. The average Bonchev–Trinajstić information content (AvgIpc) is 3.19. The van der Waals surface area contributed by atoms with Gasteiger partial charge in [-0.25, -0.2) is 15.1 Å². The van der Waals surface area contributed by atoms with Crippen molar-refractivity contribution in [3.05, 3.63) is 57.5 Å². The monoisotopic (exact) mass is 492 g/mol. The van der Waals surface area contributed by atoms with Crippen LogP contribution >= 0.6 is 0 Å². The lowest BCUT2D eigenvalue weighted by Crippen LogP contribution is -2.29. The van der Waals surface area contributed by atoms with Crippen molar-refractivity contribution in [2.45, 2.75) is 38.5 Å². The fourth-order valence-corrected chi connectivity index (χ4v) is 2.75. The highest BCUT2D eigenvalue weighted by Gasteiger charge is 2.37. The number of alkyl halides is 6. The van der Waals surface area contributed by atoms with Gasteiger partial charge in [0.15, 0.2) is 0 Å². The molecule has 0 aliphatic rings. The number of nitrogens with one attached hydrogen (secondary N) is 4. The first-order chi connectivity index (χ1) is 15.9. The Hall–Kier alpha value is -3.69. The molecule has 0 radical (unpaired) electrons. The Bertz CT molecular complexity index is 1140. The second-order valence-corrected chi connectivity index (χ2v) is 7.08. The van der Waals surface area contributed by atoms with E-state index in [-0.39, 0.29) is 25.7 Å². The summed E-state index contributed by atoms with van der Waals surface area (Å²) in [6.45, 7) is 1.72. The van der Waals surface area contributed by atoms with Gasteiger partial charge in [0.2, 0.25) is 5.95 Å². The van der Waals surface area contributed by atoms with Crippen molar-refractivity contribution in [1.29, 1.82) is 0 Å². The Balaban J connectivity index is 1.47. The van der Waals surface area contributed by atoms with Crippen LogP contribution in [-0.2, 0) is 30.2 Å². The summed E-state index contributed by atoms with van der Waals surface area (Å²) in [4.78, 5) is 18.7. The molecule has 3 heterocycles. The van der Waals surface area contributed by atoms with E-state index in [0.29, 0.717) is 23.8 Å². The van der Waals surface area contributed by atoms with E-state index in [2.05, 4.69) is 35.9 Å². The van der Waals surface area contributed by atoms with Crippen molar-refractivity contribution in [1.82, 2.24) is 30.4 Å². The van der Waals surface area contributed by atoms with Crippen molar-refractivity contribution in [2.75, 3.05) is 17.2 Å². The molecule has 1 atom stereocenters. The Morgan fingerprint density at radius 1 is 1.06 bits per heavy atom. The van der Waals surface area contributed by atoms with Gasteiger partial charge in [0, 0.05) is 18.4 Å². The molecule has 0 saturated carbocycles. The predicted octanol–water partition coefficient (Wildman–Crippen LogP) is 2.95. The van der Waals surface area contributed by atoms with Crippen LogP contribution in [0.15, 0.2) is 29.5 Å². The molecule has 0 unspecified atom stereocenters. The smallest absolute Gasteiger partial charge is 0.378 e. The molecule has 184 valence electrons. The summed E-state index contributed by atoms with van der Waals surface area (Å²) < 4.78 is 82.3. The molecule has 0 saturated heterocycles. The number of H-pyrrole nitrogens is 2. The van der Waals surface area contributed by atoms with E-state index in [0.717, 1.165) is 6.20 Å². The maximum Gasteiger partial charge on any atom is 0.423 e. The van der Waals surface area contributed by atoms with Crippen LogP contribution < -0.4 is 16.2 Å². The van der Waals surface area contributed by atoms with Gasteiger partial charge in [-0.15, -0.1) is 0 Å². The minimum absolute atomic E-state index is 0.00670. The Labute approximate surface area is 187 Å². The molecule has 0 fully saturated rings. The molecule has 3 aromatic heterocycles. The van der Waals surface area contributed by atoms with E-state index in [1.54, 1.807) is 18.1 Å². The zero-order chi connectivity index (χ0) is 24.9. The Morgan fingerprint density at radius 3 is 2.41 bits per heavy atom. The number of halogens is 6. The highest BCUT2D eigenvalue weighted by Crippen LogP contribution is 2.31.